The van der Waals surface area contributed by atoms with E-state index in [1.807, 2.05) is 12.1 Å². The summed E-state index contributed by atoms with van der Waals surface area (Å²) in [6.07, 6.45) is 1.92. The van der Waals surface area contributed by atoms with E-state index in [9.17, 15) is 0 Å². The molecular formula is C15H25NO2. The zero-order valence-corrected chi connectivity index (χ0v) is 11.7. The van der Waals surface area contributed by atoms with Crippen molar-refractivity contribution in [1.82, 2.24) is 4.90 Å². The van der Waals surface area contributed by atoms with Gasteiger partial charge in [0.05, 0.1) is 7.11 Å². The second-order valence-corrected chi connectivity index (χ2v) is 4.51. The number of benzene rings is 1. The van der Waals surface area contributed by atoms with Gasteiger partial charge < -0.3 is 9.84 Å². The predicted octanol–water partition coefficient (Wildman–Crippen LogP) is 2.85. The van der Waals surface area contributed by atoms with Crippen LogP contribution in [0.25, 0.3) is 0 Å². The summed E-state index contributed by atoms with van der Waals surface area (Å²) in [5, 5.41) is 8.84. The third-order valence-electron chi connectivity index (χ3n) is 3.38. The number of ether oxygens (including phenoxy) is 1. The van der Waals surface area contributed by atoms with Gasteiger partial charge in [-0.05, 0) is 50.6 Å². The van der Waals surface area contributed by atoms with Crippen molar-refractivity contribution >= 4 is 0 Å². The van der Waals surface area contributed by atoms with Gasteiger partial charge in [0.15, 0.2) is 0 Å². The summed E-state index contributed by atoms with van der Waals surface area (Å²) in [5.74, 6) is 0.908. The van der Waals surface area contributed by atoms with Crippen LogP contribution in [0.3, 0.4) is 0 Å². The van der Waals surface area contributed by atoms with E-state index in [-0.39, 0.29) is 6.61 Å². The number of rotatable bonds is 8. The van der Waals surface area contributed by atoms with E-state index >= 15 is 0 Å². The Morgan fingerprint density at radius 2 is 2.11 bits per heavy atom. The summed E-state index contributed by atoms with van der Waals surface area (Å²) in [5.41, 5.74) is 1.28. The first-order valence-corrected chi connectivity index (χ1v) is 6.71. The van der Waals surface area contributed by atoms with Crippen molar-refractivity contribution in [2.45, 2.75) is 32.7 Å². The van der Waals surface area contributed by atoms with Crippen LogP contribution < -0.4 is 4.74 Å². The van der Waals surface area contributed by atoms with E-state index in [0.717, 1.165) is 31.7 Å². The minimum Gasteiger partial charge on any atom is -0.497 e. The van der Waals surface area contributed by atoms with Gasteiger partial charge in [0.2, 0.25) is 0 Å². The third kappa shape index (κ3) is 4.31. The van der Waals surface area contributed by atoms with E-state index in [1.54, 1.807) is 7.11 Å². The number of aliphatic hydroxyl groups excluding tert-OH is 1. The van der Waals surface area contributed by atoms with Crippen LogP contribution in [0.15, 0.2) is 24.3 Å². The molecule has 3 nitrogen and oxygen atoms in total. The van der Waals surface area contributed by atoms with Crippen molar-refractivity contribution in [2.24, 2.45) is 0 Å². The molecule has 0 spiro atoms. The van der Waals surface area contributed by atoms with Crippen molar-refractivity contribution < 1.29 is 9.84 Å². The molecule has 1 aromatic carbocycles. The average Bonchev–Trinajstić information content (AvgIpc) is 2.43. The highest BCUT2D eigenvalue weighted by molar-refractivity contribution is 5.30. The molecule has 0 heterocycles. The third-order valence-corrected chi connectivity index (χ3v) is 3.38. The summed E-state index contributed by atoms with van der Waals surface area (Å²) in [6, 6.07) is 8.62. The zero-order valence-electron chi connectivity index (χ0n) is 11.7. The summed E-state index contributed by atoms with van der Waals surface area (Å²) in [7, 11) is 1.70. The first kappa shape index (κ1) is 15.0. The zero-order chi connectivity index (χ0) is 13.4. The van der Waals surface area contributed by atoms with Crippen molar-refractivity contribution in [1.29, 1.82) is 0 Å². The number of methoxy groups -OCH3 is 1. The van der Waals surface area contributed by atoms with Gasteiger partial charge in [-0.1, -0.05) is 19.1 Å². The maximum absolute atomic E-state index is 8.84. The number of unbranched alkanes of at least 4 members (excludes halogenated alkanes) is 1. The van der Waals surface area contributed by atoms with Gasteiger partial charge in [-0.25, -0.2) is 0 Å². The van der Waals surface area contributed by atoms with E-state index in [4.69, 9.17) is 9.84 Å². The van der Waals surface area contributed by atoms with Gasteiger partial charge in [0.25, 0.3) is 0 Å². The molecule has 1 rings (SSSR count). The standard InChI is InChI=1S/C15H25NO2/c1-4-16(10-5-6-11-17)13(2)14-8-7-9-15(12-14)18-3/h7-9,12-13,17H,4-6,10-11H2,1-3H3. The monoisotopic (exact) mass is 251 g/mol. The highest BCUT2D eigenvalue weighted by atomic mass is 16.5. The first-order chi connectivity index (χ1) is 8.72. The number of aliphatic hydroxyl groups is 1. The molecule has 0 aliphatic rings. The topological polar surface area (TPSA) is 32.7 Å². The molecular weight excluding hydrogens is 226 g/mol. The molecule has 0 aliphatic carbocycles. The summed E-state index contributed by atoms with van der Waals surface area (Å²) in [6.45, 7) is 6.72. The molecule has 1 N–H and O–H groups in total. The Kier molecular flexibility index (Phi) is 6.76. The normalized spacial score (nSPS) is 12.7. The molecule has 3 heteroatoms. The Morgan fingerprint density at radius 1 is 1.33 bits per heavy atom. The molecule has 0 radical (unpaired) electrons. The molecule has 1 unspecified atom stereocenters. The maximum atomic E-state index is 8.84. The second-order valence-electron chi connectivity index (χ2n) is 4.51. The van der Waals surface area contributed by atoms with E-state index in [1.165, 1.54) is 5.56 Å². The Hall–Kier alpha value is -1.06. The molecule has 102 valence electrons. The molecule has 0 saturated heterocycles. The Labute approximate surface area is 110 Å². The lowest BCUT2D eigenvalue weighted by molar-refractivity contribution is 0.205. The first-order valence-electron chi connectivity index (χ1n) is 6.71. The lowest BCUT2D eigenvalue weighted by Crippen LogP contribution is -2.28. The molecule has 0 aromatic heterocycles. The Morgan fingerprint density at radius 3 is 2.72 bits per heavy atom. The van der Waals surface area contributed by atoms with E-state index in [0.29, 0.717) is 6.04 Å². The number of hydrogen-bond donors (Lipinski definition) is 1. The molecule has 18 heavy (non-hydrogen) atoms. The Balaban J connectivity index is 2.66. The average molecular weight is 251 g/mol. The maximum Gasteiger partial charge on any atom is 0.119 e. The van der Waals surface area contributed by atoms with Gasteiger partial charge in [0.1, 0.15) is 5.75 Å². The van der Waals surface area contributed by atoms with Gasteiger partial charge >= 0.3 is 0 Å². The molecule has 1 aromatic rings. The minimum atomic E-state index is 0.283. The number of hydrogen-bond acceptors (Lipinski definition) is 3. The second kappa shape index (κ2) is 8.11. The van der Waals surface area contributed by atoms with Crippen LogP contribution in [-0.2, 0) is 0 Å². The predicted molar refractivity (Wildman–Crippen MR) is 75.0 cm³/mol. The molecule has 0 aliphatic heterocycles. The van der Waals surface area contributed by atoms with Crippen LogP contribution >= 0.6 is 0 Å². The van der Waals surface area contributed by atoms with Gasteiger partial charge in [-0.2, -0.15) is 0 Å². The smallest absolute Gasteiger partial charge is 0.119 e. The van der Waals surface area contributed by atoms with Crippen LogP contribution in [0.4, 0.5) is 0 Å². The van der Waals surface area contributed by atoms with E-state index < -0.39 is 0 Å². The van der Waals surface area contributed by atoms with Crippen molar-refractivity contribution in [2.75, 3.05) is 26.8 Å². The fourth-order valence-corrected chi connectivity index (χ4v) is 2.16. The minimum absolute atomic E-state index is 0.283. The van der Waals surface area contributed by atoms with Crippen molar-refractivity contribution in [3.05, 3.63) is 29.8 Å². The largest absolute Gasteiger partial charge is 0.497 e. The van der Waals surface area contributed by atoms with Gasteiger partial charge in [-0.3, -0.25) is 4.90 Å². The van der Waals surface area contributed by atoms with Crippen molar-refractivity contribution in [3.63, 3.8) is 0 Å². The Bertz CT molecular complexity index is 341. The van der Waals surface area contributed by atoms with Crippen LogP contribution in [0.1, 0.15) is 38.3 Å². The van der Waals surface area contributed by atoms with Crippen LogP contribution in [0.5, 0.6) is 5.75 Å². The summed E-state index contributed by atoms with van der Waals surface area (Å²) < 4.78 is 5.27. The SMILES string of the molecule is CCN(CCCCO)C(C)c1cccc(OC)c1. The van der Waals surface area contributed by atoms with Crippen LogP contribution in [0.2, 0.25) is 0 Å². The quantitative estimate of drug-likeness (QED) is 0.721. The van der Waals surface area contributed by atoms with Gasteiger partial charge in [0, 0.05) is 12.6 Å². The molecule has 0 fully saturated rings. The summed E-state index contributed by atoms with van der Waals surface area (Å²) >= 11 is 0. The lowest BCUT2D eigenvalue weighted by Gasteiger charge is -2.28. The highest BCUT2D eigenvalue weighted by Gasteiger charge is 2.14. The fraction of sp³-hybridized carbons (Fsp3) is 0.600. The summed E-state index contributed by atoms with van der Waals surface area (Å²) in [4.78, 5) is 2.42. The molecule has 0 saturated carbocycles. The lowest BCUT2D eigenvalue weighted by atomic mass is 10.1. The fourth-order valence-electron chi connectivity index (χ4n) is 2.16. The van der Waals surface area contributed by atoms with Crippen LogP contribution in [-0.4, -0.2) is 36.8 Å². The molecule has 1 atom stereocenters. The van der Waals surface area contributed by atoms with Crippen molar-refractivity contribution in [3.8, 4) is 5.75 Å². The van der Waals surface area contributed by atoms with E-state index in [2.05, 4.69) is 30.9 Å². The molecule has 0 bridgehead atoms. The molecule has 0 amide bonds. The van der Waals surface area contributed by atoms with Crippen LogP contribution in [0, 0.1) is 0 Å². The highest BCUT2D eigenvalue weighted by Crippen LogP contribution is 2.23. The van der Waals surface area contributed by atoms with Gasteiger partial charge in [-0.15, -0.1) is 0 Å². The number of nitrogens with zero attached hydrogens (tertiary/aromatic N) is 1.